The molecular weight excluding hydrogens is 268 g/mol. The van der Waals surface area contributed by atoms with E-state index in [0.717, 1.165) is 26.2 Å². The Balaban J connectivity index is 1.86. The maximum absolute atomic E-state index is 11.9. The van der Waals surface area contributed by atoms with E-state index < -0.39 is 6.03 Å². The lowest BCUT2D eigenvalue weighted by Crippen LogP contribution is -2.55. The molecule has 1 aromatic carbocycles. The number of carbonyl (C=O) groups is 2. The number of hydrogen-bond donors (Lipinski definition) is 2. The van der Waals surface area contributed by atoms with Crippen LogP contribution in [0.25, 0.3) is 0 Å². The highest BCUT2D eigenvalue weighted by Crippen LogP contribution is 2.16. The van der Waals surface area contributed by atoms with E-state index in [2.05, 4.69) is 32.6 Å². The number of urea groups is 1. The average Bonchev–Trinajstić information content (AvgIpc) is 2.55. The van der Waals surface area contributed by atoms with Gasteiger partial charge in [0.25, 0.3) is 0 Å². The molecule has 2 rings (SSSR count). The predicted octanol–water partition coefficient (Wildman–Crippen LogP) is 0.653. The first kappa shape index (κ1) is 15.3. The van der Waals surface area contributed by atoms with Gasteiger partial charge in [0.05, 0.1) is 6.04 Å². The molecule has 1 saturated heterocycles. The van der Waals surface area contributed by atoms with E-state index in [1.165, 1.54) is 12.7 Å². The molecule has 0 radical (unpaired) electrons. The Labute approximate surface area is 125 Å². The van der Waals surface area contributed by atoms with Crippen molar-refractivity contribution in [1.82, 2.24) is 15.5 Å². The van der Waals surface area contributed by atoms with Crippen LogP contribution in [-0.4, -0.2) is 56.1 Å². The van der Waals surface area contributed by atoms with Crippen molar-refractivity contribution in [3.63, 3.8) is 0 Å². The van der Waals surface area contributed by atoms with Gasteiger partial charge in [-0.25, -0.2) is 4.79 Å². The minimum absolute atomic E-state index is 0.262. The maximum Gasteiger partial charge on any atom is 0.321 e. The Kier molecular flexibility index (Phi) is 5.16. The fourth-order valence-corrected chi connectivity index (χ4v) is 2.45. The summed E-state index contributed by atoms with van der Waals surface area (Å²) < 4.78 is 0. The van der Waals surface area contributed by atoms with Gasteiger partial charge in [0.15, 0.2) is 0 Å². The molecule has 0 saturated carbocycles. The highest BCUT2D eigenvalue weighted by atomic mass is 16.2. The van der Waals surface area contributed by atoms with Gasteiger partial charge < -0.3 is 10.2 Å². The molecule has 6 heteroatoms. The van der Waals surface area contributed by atoms with Gasteiger partial charge in [-0.1, -0.05) is 18.2 Å². The monoisotopic (exact) mass is 290 g/mol. The Morgan fingerprint density at radius 2 is 1.71 bits per heavy atom. The number of para-hydroxylation sites is 1. The van der Waals surface area contributed by atoms with Crippen molar-refractivity contribution in [3.05, 3.63) is 30.3 Å². The zero-order valence-electron chi connectivity index (χ0n) is 12.5. The minimum Gasteiger partial charge on any atom is -0.369 e. The van der Waals surface area contributed by atoms with E-state index in [0.29, 0.717) is 0 Å². The van der Waals surface area contributed by atoms with E-state index in [4.69, 9.17) is 0 Å². The number of anilines is 1. The normalized spacial score (nSPS) is 17.1. The summed E-state index contributed by atoms with van der Waals surface area (Å²) >= 11 is 0. The molecule has 0 aliphatic carbocycles. The molecule has 0 bridgehead atoms. The number of nitrogens with zero attached hydrogens (tertiary/aromatic N) is 2. The van der Waals surface area contributed by atoms with Crippen molar-refractivity contribution in [2.24, 2.45) is 0 Å². The van der Waals surface area contributed by atoms with Crippen molar-refractivity contribution >= 4 is 17.6 Å². The van der Waals surface area contributed by atoms with E-state index in [9.17, 15) is 9.59 Å². The van der Waals surface area contributed by atoms with Gasteiger partial charge in [-0.05, 0) is 19.1 Å². The van der Waals surface area contributed by atoms with Gasteiger partial charge in [-0.3, -0.25) is 15.0 Å². The van der Waals surface area contributed by atoms with Crippen LogP contribution in [0.4, 0.5) is 10.5 Å². The van der Waals surface area contributed by atoms with Crippen LogP contribution in [0.5, 0.6) is 0 Å². The topological polar surface area (TPSA) is 64.7 Å². The lowest BCUT2D eigenvalue weighted by atomic mass is 10.2. The summed E-state index contributed by atoms with van der Waals surface area (Å²) in [6, 6.07) is 9.48. The number of piperazine rings is 1. The van der Waals surface area contributed by atoms with E-state index in [1.807, 2.05) is 25.1 Å². The van der Waals surface area contributed by atoms with Crippen molar-refractivity contribution in [3.8, 4) is 0 Å². The fraction of sp³-hybridized carbons (Fsp3) is 0.467. The summed E-state index contributed by atoms with van der Waals surface area (Å²) in [5.41, 5.74) is 1.21. The third-order valence-electron chi connectivity index (χ3n) is 3.83. The zero-order valence-corrected chi connectivity index (χ0v) is 12.5. The standard InChI is InChI=1S/C15H22N4O2/c1-12(14(20)17-15(21)16-2)18-8-10-19(11-9-18)13-6-4-3-5-7-13/h3-7,12H,8-11H2,1-2H3,(H2,16,17,20,21)/t12-/m1/s1. The number of hydrogen-bond acceptors (Lipinski definition) is 4. The van der Waals surface area contributed by atoms with Crippen molar-refractivity contribution in [1.29, 1.82) is 0 Å². The molecule has 0 spiro atoms. The predicted molar refractivity (Wildman–Crippen MR) is 82.3 cm³/mol. The molecule has 1 aliphatic heterocycles. The summed E-state index contributed by atoms with van der Waals surface area (Å²) in [4.78, 5) is 27.5. The SMILES string of the molecule is CNC(=O)NC(=O)[C@@H](C)N1CCN(c2ccccc2)CC1. The number of nitrogens with one attached hydrogen (secondary N) is 2. The smallest absolute Gasteiger partial charge is 0.321 e. The van der Waals surface area contributed by atoms with Gasteiger partial charge in [-0.2, -0.15) is 0 Å². The molecule has 1 atom stereocenters. The van der Waals surface area contributed by atoms with Crippen LogP contribution < -0.4 is 15.5 Å². The zero-order chi connectivity index (χ0) is 15.2. The molecule has 1 fully saturated rings. The molecule has 114 valence electrons. The van der Waals surface area contributed by atoms with Gasteiger partial charge in [0, 0.05) is 38.9 Å². The largest absolute Gasteiger partial charge is 0.369 e. The lowest BCUT2D eigenvalue weighted by Gasteiger charge is -2.38. The first-order valence-corrected chi connectivity index (χ1v) is 7.18. The first-order chi connectivity index (χ1) is 10.1. The van der Waals surface area contributed by atoms with Crippen molar-refractivity contribution < 1.29 is 9.59 Å². The molecule has 1 aliphatic rings. The van der Waals surface area contributed by atoms with E-state index in [-0.39, 0.29) is 11.9 Å². The van der Waals surface area contributed by atoms with Crippen LogP contribution in [0, 0.1) is 0 Å². The Bertz CT molecular complexity index is 484. The third-order valence-corrected chi connectivity index (χ3v) is 3.83. The molecule has 2 N–H and O–H groups in total. The maximum atomic E-state index is 11.9. The van der Waals surface area contributed by atoms with Crippen LogP contribution in [0.15, 0.2) is 30.3 Å². The van der Waals surface area contributed by atoms with Crippen LogP contribution in [-0.2, 0) is 4.79 Å². The van der Waals surface area contributed by atoms with Gasteiger partial charge in [-0.15, -0.1) is 0 Å². The van der Waals surface area contributed by atoms with Crippen LogP contribution >= 0.6 is 0 Å². The summed E-state index contributed by atoms with van der Waals surface area (Å²) in [5.74, 6) is -0.262. The average molecular weight is 290 g/mol. The molecule has 6 nitrogen and oxygen atoms in total. The Morgan fingerprint density at radius 1 is 1.10 bits per heavy atom. The quantitative estimate of drug-likeness (QED) is 0.858. The fourth-order valence-electron chi connectivity index (χ4n) is 2.45. The minimum atomic E-state index is -0.463. The third kappa shape index (κ3) is 3.95. The highest BCUT2D eigenvalue weighted by molar-refractivity contribution is 5.96. The second kappa shape index (κ2) is 7.08. The molecule has 0 unspecified atom stereocenters. The van der Waals surface area contributed by atoms with Gasteiger partial charge in [0.2, 0.25) is 5.91 Å². The van der Waals surface area contributed by atoms with Gasteiger partial charge in [0.1, 0.15) is 0 Å². The molecule has 1 heterocycles. The molecule has 1 aromatic rings. The molecule has 3 amide bonds. The summed E-state index contributed by atoms with van der Waals surface area (Å²) in [6.07, 6.45) is 0. The molecular formula is C15H22N4O2. The van der Waals surface area contributed by atoms with E-state index in [1.54, 1.807) is 0 Å². The number of carbonyl (C=O) groups excluding carboxylic acids is 2. The summed E-state index contributed by atoms with van der Waals surface area (Å²) in [7, 11) is 1.49. The van der Waals surface area contributed by atoms with Gasteiger partial charge >= 0.3 is 6.03 Å². The molecule has 21 heavy (non-hydrogen) atoms. The van der Waals surface area contributed by atoms with Crippen molar-refractivity contribution in [2.45, 2.75) is 13.0 Å². The highest BCUT2D eigenvalue weighted by Gasteiger charge is 2.26. The number of rotatable bonds is 3. The second-order valence-corrected chi connectivity index (χ2v) is 5.10. The van der Waals surface area contributed by atoms with Crippen molar-refractivity contribution in [2.75, 3.05) is 38.1 Å². The van der Waals surface area contributed by atoms with Crippen LogP contribution in [0.1, 0.15) is 6.92 Å². The number of imide groups is 1. The molecule has 0 aromatic heterocycles. The Morgan fingerprint density at radius 3 is 2.29 bits per heavy atom. The van der Waals surface area contributed by atoms with Crippen LogP contribution in [0.2, 0.25) is 0 Å². The van der Waals surface area contributed by atoms with Crippen LogP contribution in [0.3, 0.4) is 0 Å². The first-order valence-electron chi connectivity index (χ1n) is 7.18. The Hall–Kier alpha value is -2.08. The lowest BCUT2D eigenvalue weighted by molar-refractivity contribution is -0.124. The second-order valence-electron chi connectivity index (χ2n) is 5.10. The van der Waals surface area contributed by atoms with E-state index >= 15 is 0 Å². The number of benzene rings is 1. The number of amides is 3. The summed E-state index contributed by atoms with van der Waals surface area (Å²) in [6.45, 7) is 5.19. The summed E-state index contributed by atoms with van der Waals surface area (Å²) in [5, 5.41) is 4.71.